The number of nitrogens with two attached hydrogens (primary N) is 2. The second-order valence-electron chi connectivity index (χ2n) is 5.77. The summed E-state index contributed by atoms with van der Waals surface area (Å²) < 4.78 is 0. The predicted octanol–water partition coefficient (Wildman–Crippen LogP) is 3.34. The summed E-state index contributed by atoms with van der Waals surface area (Å²) in [5, 5.41) is 11.6. The van der Waals surface area contributed by atoms with Crippen LogP contribution in [0.4, 0.5) is 17.2 Å². The molecule has 2 aromatic carbocycles. The number of nitro groups is 1. The number of nitrogen functional groups attached to an aromatic ring is 2. The molecule has 0 spiro atoms. The van der Waals surface area contributed by atoms with Gasteiger partial charge in [0.05, 0.1) is 16.2 Å². The molecule has 4 N–H and O–H groups in total. The second-order valence-corrected chi connectivity index (χ2v) is 5.77. The lowest BCUT2D eigenvalue weighted by molar-refractivity contribution is -0.384. The van der Waals surface area contributed by atoms with Crippen LogP contribution in [0.5, 0.6) is 0 Å². The fourth-order valence-corrected chi connectivity index (χ4v) is 2.82. The monoisotopic (exact) mass is 334 g/mol. The number of rotatable bonds is 5. The molecule has 0 aliphatic carbocycles. The highest BCUT2D eigenvalue weighted by Gasteiger charge is 2.25. The highest BCUT2D eigenvalue weighted by atomic mass is 16.6. The van der Waals surface area contributed by atoms with Gasteiger partial charge in [-0.1, -0.05) is 60.7 Å². The van der Waals surface area contributed by atoms with Gasteiger partial charge in [0.2, 0.25) is 0 Å². The van der Waals surface area contributed by atoms with Crippen molar-refractivity contribution in [3.05, 3.63) is 93.2 Å². The van der Waals surface area contributed by atoms with E-state index in [9.17, 15) is 10.1 Å². The van der Waals surface area contributed by atoms with E-state index in [0.717, 1.165) is 11.1 Å². The summed E-state index contributed by atoms with van der Waals surface area (Å²) in [5.74, 6) is -0.00515. The molecule has 0 saturated heterocycles. The van der Waals surface area contributed by atoms with Crippen LogP contribution in [-0.2, 0) is 12.8 Å². The Morgan fingerprint density at radius 2 is 1.40 bits per heavy atom. The van der Waals surface area contributed by atoms with Crippen LogP contribution >= 0.6 is 0 Å². The van der Waals surface area contributed by atoms with E-state index < -0.39 is 4.92 Å². The van der Waals surface area contributed by atoms with Gasteiger partial charge in [0.15, 0.2) is 11.5 Å². The van der Waals surface area contributed by atoms with Crippen LogP contribution < -0.4 is 11.5 Å². The number of hydrogen-bond acceptors (Lipinski definition) is 5. The zero-order valence-corrected chi connectivity index (χ0v) is 13.6. The Kier molecular flexibility index (Phi) is 4.61. The molecule has 1 heterocycles. The van der Waals surface area contributed by atoms with Gasteiger partial charge >= 0.3 is 5.69 Å². The van der Waals surface area contributed by atoms with Crippen LogP contribution in [0.2, 0.25) is 0 Å². The van der Waals surface area contributed by atoms with E-state index in [1.807, 2.05) is 60.7 Å². The van der Waals surface area contributed by atoms with Crippen LogP contribution in [0.3, 0.4) is 0 Å². The molecule has 0 amide bonds. The number of nitrogens with zero attached hydrogens (tertiary/aromatic N) is 2. The zero-order chi connectivity index (χ0) is 17.8. The summed E-state index contributed by atoms with van der Waals surface area (Å²) >= 11 is 0. The lowest BCUT2D eigenvalue weighted by Crippen LogP contribution is -2.11. The van der Waals surface area contributed by atoms with Crippen molar-refractivity contribution in [2.75, 3.05) is 11.5 Å². The molecule has 3 aromatic rings. The van der Waals surface area contributed by atoms with Gasteiger partial charge < -0.3 is 11.5 Å². The van der Waals surface area contributed by atoms with Crippen LogP contribution in [0, 0.1) is 10.1 Å². The standard InChI is InChI=1S/C19H18N4O2/c20-17-18(23(24)25)15(11-13-7-3-1-4-8-13)16(22-19(17)21)12-14-9-5-2-6-10-14/h1-10H,11-12,20H2,(H2,21,22). The number of anilines is 2. The zero-order valence-electron chi connectivity index (χ0n) is 13.6. The Bertz CT molecular complexity index is 896. The van der Waals surface area contributed by atoms with Gasteiger partial charge in [-0.25, -0.2) is 4.98 Å². The molecule has 0 aliphatic rings. The minimum Gasteiger partial charge on any atom is -0.390 e. The fourth-order valence-electron chi connectivity index (χ4n) is 2.82. The van der Waals surface area contributed by atoms with Crippen LogP contribution in [0.15, 0.2) is 60.7 Å². The first-order valence-electron chi connectivity index (χ1n) is 7.85. The van der Waals surface area contributed by atoms with Gasteiger partial charge in [-0.3, -0.25) is 10.1 Å². The molecule has 6 nitrogen and oxygen atoms in total. The fraction of sp³-hybridized carbons (Fsp3) is 0.105. The Morgan fingerprint density at radius 1 is 0.880 bits per heavy atom. The Labute approximate surface area is 145 Å². The summed E-state index contributed by atoms with van der Waals surface area (Å²) in [6.45, 7) is 0. The normalized spacial score (nSPS) is 10.6. The van der Waals surface area contributed by atoms with Crippen molar-refractivity contribution in [3.8, 4) is 0 Å². The molecule has 1 aromatic heterocycles. The third kappa shape index (κ3) is 3.58. The van der Waals surface area contributed by atoms with Gasteiger partial charge in [-0.05, 0) is 11.1 Å². The summed E-state index contributed by atoms with van der Waals surface area (Å²) in [5.41, 5.74) is 14.5. The Balaban J connectivity index is 2.13. The molecule has 25 heavy (non-hydrogen) atoms. The van der Waals surface area contributed by atoms with E-state index in [-0.39, 0.29) is 17.2 Å². The minimum absolute atomic E-state index is 0.00515. The summed E-state index contributed by atoms with van der Waals surface area (Å²) in [6.07, 6.45) is 0.825. The maximum Gasteiger partial charge on any atom is 0.301 e. The van der Waals surface area contributed by atoms with Crippen molar-refractivity contribution in [1.29, 1.82) is 0 Å². The first-order chi connectivity index (χ1) is 12.1. The SMILES string of the molecule is Nc1nc(Cc2ccccc2)c(Cc2ccccc2)c([N+](=O)[O-])c1N. The van der Waals surface area contributed by atoms with Crippen molar-refractivity contribution in [2.45, 2.75) is 12.8 Å². The van der Waals surface area contributed by atoms with Gasteiger partial charge in [-0.15, -0.1) is 0 Å². The molecule has 6 heteroatoms. The van der Waals surface area contributed by atoms with Gasteiger partial charge in [0.1, 0.15) is 0 Å². The first-order valence-corrected chi connectivity index (χ1v) is 7.85. The maximum absolute atomic E-state index is 11.6. The average molecular weight is 334 g/mol. The molecule has 126 valence electrons. The van der Waals surface area contributed by atoms with Crippen LogP contribution in [-0.4, -0.2) is 9.91 Å². The number of pyridine rings is 1. The topological polar surface area (TPSA) is 108 Å². The van der Waals surface area contributed by atoms with Crippen molar-refractivity contribution in [1.82, 2.24) is 4.98 Å². The Morgan fingerprint density at radius 3 is 1.92 bits per heavy atom. The van der Waals surface area contributed by atoms with Crippen molar-refractivity contribution >= 4 is 17.2 Å². The molecule has 0 bridgehead atoms. The van der Waals surface area contributed by atoms with Crippen molar-refractivity contribution < 1.29 is 4.92 Å². The highest BCUT2D eigenvalue weighted by Crippen LogP contribution is 2.34. The molecular weight excluding hydrogens is 316 g/mol. The maximum atomic E-state index is 11.6. The summed E-state index contributed by atoms with van der Waals surface area (Å²) in [6, 6.07) is 19.2. The molecule has 0 radical (unpaired) electrons. The third-order valence-electron chi connectivity index (χ3n) is 4.04. The smallest absolute Gasteiger partial charge is 0.301 e. The predicted molar refractivity (Wildman–Crippen MR) is 98.2 cm³/mol. The van der Waals surface area contributed by atoms with Gasteiger partial charge in [-0.2, -0.15) is 0 Å². The van der Waals surface area contributed by atoms with E-state index in [1.165, 1.54) is 0 Å². The van der Waals surface area contributed by atoms with E-state index in [4.69, 9.17) is 11.5 Å². The molecule has 0 aliphatic heterocycles. The van der Waals surface area contributed by atoms with E-state index in [2.05, 4.69) is 4.98 Å². The van der Waals surface area contributed by atoms with Crippen LogP contribution in [0.1, 0.15) is 22.4 Å². The molecule has 0 unspecified atom stereocenters. The number of benzene rings is 2. The van der Waals surface area contributed by atoms with E-state index in [0.29, 0.717) is 24.1 Å². The Hall–Kier alpha value is -3.41. The minimum atomic E-state index is -0.472. The molecule has 3 rings (SSSR count). The largest absolute Gasteiger partial charge is 0.390 e. The van der Waals surface area contributed by atoms with Crippen molar-refractivity contribution in [2.24, 2.45) is 0 Å². The molecular formula is C19H18N4O2. The lowest BCUT2D eigenvalue weighted by Gasteiger charge is -2.13. The molecule has 0 fully saturated rings. The quantitative estimate of drug-likeness (QED) is 0.549. The summed E-state index contributed by atoms with van der Waals surface area (Å²) in [7, 11) is 0. The average Bonchev–Trinajstić information content (AvgIpc) is 2.61. The first kappa shape index (κ1) is 16.4. The van der Waals surface area contributed by atoms with E-state index >= 15 is 0 Å². The molecule has 0 saturated carbocycles. The van der Waals surface area contributed by atoms with Crippen LogP contribution in [0.25, 0.3) is 0 Å². The van der Waals surface area contributed by atoms with Gasteiger partial charge in [0.25, 0.3) is 0 Å². The number of aromatic nitrogens is 1. The lowest BCUT2D eigenvalue weighted by atomic mass is 9.97. The van der Waals surface area contributed by atoms with Gasteiger partial charge in [0, 0.05) is 12.8 Å². The number of hydrogen-bond donors (Lipinski definition) is 2. The summed E-state index contributed by atoms with van der Waals surface area (Å²) in [4.78, 5) is 15.5. The highest BCUT2D eigenvalue weighted by molar-refractivity contribution is 5.75. The molecule has 0 atom stereocenters. The van der Waals surface area contributed by atoms with E-state index in [1.54, 1.807) is 0 Å². The van der Waals surface area contributed by atoms with Crippen molar-refractivity contribution in [3.63, 3.8) is 0 Å². The third-order valence-corrected chi connectivity index (χ3v) is 4.04. The second kappa shape index (κ2) is 7.00.